The van der Waals surface area contributed by atoms with Crippen LogP contribution in [0.3, 0.4) is 0 Å². The molecule has 34 heavy (non-hydrogen) atoms. The molecule has 0 radical (unpaired) electrons. The lowest BCUT2D eigenvalue weighted by Crippen LogP contribution is -2.40. The number of rotatable bonds is 5. The lowest BCUT2D eigenvalue weighted by atomic mass is 10.0. The Labute approximate surface area is 200 Å². The molecular formula is C28H32N2O4. The third kappa shape index (κ3) is 4.51. The second kappa shape index (κ2) is 9.34. The summed E-state index contributed by atoms with van der Waals surface area (Å²) < 4.78 is 17.1. The number of likely N-dealkylation sites (tertiary alicyclic amines) is 1. The standard InChI is InChI=1S/C28H32N2O4/c31-28-16-23-15-27-26(32-19-33-27)14-21(23)8-12-30(28)18-20-5-3-4-10-29(17-20)11-9-24-13-22-6-1-2-7-25(22)34-24/h1-2,6-7,13-15,20H,3-5,8-12,16-19H2. The molecule has 4 heterocycles. The number of para-hydroxylation sites is 1. The number of fused-ring (bicyclic) bond motifs is 3. The normalized spacial score (nSPS) is 20.9. The molecule has 2 aromatic carbocycles. The van der Waals surface area contributed by atoms with Crippen molar-refractivity contribution in [1.82, 2.24) is 9.80 Å². The SMILES string of the molecule is O=C1Cc2cc3c(cc2CCN1CC1CCCCN(CCc2cc4ccccc4o2)C1)OCO3. The average molecular weight is 461 g/mol. The van der Waals surface area contributed by atoms with E-state index < -0.39 is 0 Å². The minimum atomic E-state index is 0.232. The number of carbonyl (C=O) groups excluding carboxylic acids is 1. The van der Waals surface area contributed by atoms with Gasteiger partial charge in [0.05, 0.1) is 6.42 Å². The summed E-state index contributed by atoms with van der Waals surface area (Å²) in [6.07, 6.45) is 5.90. The molecule has 1 atom stereocenters. The zero-order valence-electron chi connectivity index (χ0n) is 19.6. The number of hydrogen-bond acceptors (Lipinski definition) is 5. The Kier molecular flexibility index (Phi) is 5.91. The Morgan fingerprint density at radius 3 is 2.71 bits per heavy atom. The molecule has 178 valence electrons. The smallest absolute Gasteiger partial charge is 0.231 e. The summed E-state index contributed by atoms with van der Waals surface area (Å²) in [6, 6.07) is 14.5. The molecule has 3 aliphatic heterocycles. The molecule has 0 aliphatic carbocycles. The topological polar surface area (TPSA) is 55.2 Å². The van der Waals surface area contributed by atoms with Gasteiger partial charge in [-0.25, -0.2) is 0 Å². The van der Waals surface area contributed by atoms with E-state index in [4.69, 9.17) is 13.9 Å². The molecule has 6 rings (SSSR count). The van der Waals surface area contributed by atoms with Gasteiger partial charge in [-0.2, -0.15) is 0 Å². The summed E-state index contributed by atoms with van der Waals surface area (Å²) in [7, 11) is 0. The van der Waals surface area contributed by atoms with Crippen LogP contribution >= 0.6 is 0 Å². The van der Waals surface area contributed by atoms with Gasteiger partial charge >= 0.3 is 0 Å². The van der Waals surface area contributed by atoms with Gasteiger partial charge in [-0.15, -0.1) is 0 Å². The van der Waals surface area contributed by atoms with Crippen LogP contribution < -0.4 is 9.47 Å². The molecule has 1 unspecified atom stereocenters. The molecular weight excluding hydrogens is 428 g/mol. The van der Waals surface area contributed by atoms with E-state index in [1.54, 1.807) is 0 Å². The minimum absolute atomic E-state index is 0.232. The van der Waals surface area contributed by atoms with Crippen molar-refractivity contribution >= 4 is 16.9 Å². The lowest BCUT2D eigenvalue weighted by Gasteiger charge is -2.29. The maximum atomic E-state index is 13.1. The zero-order valence-corrected chi connectivity index (χ0v) is 19.6. The fourth-order valence-corrected chi connectivity index (χ4v) is 5.68. The van der Waals surface area contributed by atoms with E-state index in [1.807, 2.05) is 18.2 Å². The van der Waals surface area contributed by atoms with Gasteiger partial charge in [-0.05, 0) is 67.1 Å². The first kappa shape index (κ1) is 21.5. The van der Waals surface area contributed by atoms with Gasteiger partial charge < -0.3 is 23.7 Å². The van der Waals surface area contributed by atoms with Gasteiger partial charge in [0, 0.05) is 38.0 Å². The summed E-state index contributed by atoms with van der Waals surface area (Å²) in [6.45, 7) is 5.07. The van der Waals surface area contributed by atoms with Crippen LogP contribution in [0, 0.1) is 5.92 Å². The van der Waals surface area contributed by atoms with Crippen LogP contribution in [0.1, 0.15) is 36.1 Å². The summed E-state index contributed by atoms with van der Waals surface area (Å²) >= 11 is 0. The largest absolute Gasteiger partial charge is 0.461 e. The first-order chi connectivity index (χ1) is 16.7. The van der Waals surface area contributed by atoms with Crippen LogP contribution in [0.4, 0.5) is 0 Å². The molecule has 0 bridgehead atoms. The van der Waals surface area contributed by atoms with Gasteiger partial charge in [-0.3, -0.25) is 4.79 Å². The Balaban J connectivity index is 1.07. The highest BCUT2D eigenvalue weighted by Gasteiger charge is 2.27. The average Bonchev–Trinajstić information content (AvgIpc) is 3.36. The highest BCUT2D eigenvalue weighted by molar-refractivity contribution is 5.80. The van der Waals surface area contributed by atoms with E-state index in [0.717, 1.165) is 74.0 Å². The number of benzene rings is 2. The molecule has 6 heteroatoms. The monoisotopic (exact) mass is 460 g/mol. The highest BCUT2D eigenvalue weighted by Crippen LogP contribution is 2.36. The lowest BCUT2D eigenvalue weighted by molar-refractivity contribution is -0.130. The summed E-state index contributed by atoms with van der Waals surface area (Å²) in [4.78, 5) is 17.8. The van der Waals surface area contributed by atoms with Crippen molar-refractivity contribution in [1.29, 1.82) is 0 Å². The summed E-state index contributed by atoms with van der Waals surface area (Å²) in [5, 5.41) is 1.18. The van der Waals surface area contributed by atoms with Gasteiger partial charge in [0.15, 0.2) is 11.5 Å². The van der Waals surface area contributed by atoms with E-state index in [0.29, 0.717) is 12.3 Å². The number of nitrogens with zero attached hydrogens (tertiary/aromatic N) is 2. The number of hydrogen-bond donors (Lipinski definition) is 0. The molecule has 1 saturated heterocycles. The minimum Gasteiger partial charge on any atom is -0.461 e. The van der Waals surface area contributed by atoms with E-state index in [9.17, 15) is 4.79 Å². The van der Waals surface area contributed by atoms with Crippen molar-refractivity contribution in [2.24, 2.45) is 5.92 Å². The van der Waals surface area contributed by atoms with Crippen LogP contribution in [0.5, 0.6) is 11.5 Å². The third-order valence-corrected chi connectivity index (χ3v) is 7.52. The number of amides is 1. The Morgan fingerprint density at radius 1 is 0.971 bits per heavy atom. The number of carbonyl (C=O) groups is 1. The second-order valence-electron chi connectivity index (χ2n) is 9.90. The molecule has 0 spiro atoms. The predicted molar refractivity (Wildman–Crippen MR) is 130 cm³/mol. The van der Waals surface area contributed by atoms with Gasteiger partial charge in [0.1, 0.15) is 11.3 Å². The first-order valence-corrected chi connectivity index (χ1v) is 12.6. The second-order valence-corrected chi connectivity index (χ2v) is 9.90. The van der Waals surface area contributed by atoms with Crippen molar-refractivity contribution in [3.8, 4) is 11.5 Å². The predicted octanol–water partition coefficient (Wildman–Crippen LogP) is 4.43. The molecule has 1 fully saturated rings. The fourth-order valence-electron chi connectivity index (χ4n) is 5.68. The van der Waals surface area contributed by atoms with Crippen LogP contribution in [0.2, 0.25) is 0 Å². The van der Waals surface area contributed by atoms with Gasteiger partial charge in [-0.1, -0.05) is 24.6 Å². The Hall–Kier alpha value is -2.99. The van der Waals surface area contributed by atoms with E-state index in [-0.39, 0.29) is 12.7 Å². The van der Waals surface area contributed by atoms with Crippen LogP contribution in [0.25, 0.3) is 11.0 Å². The maximum absolute atomic E-state index is 13.1. The van der Waals surface area contributed by atoms with Gasteiger partial charge in [0.2, 0.25) is 12.7 Å². The van der Waals surface area contributed by atoms with Crippen molar-refractivity contribution in [3.05, 3.63) is 59.4 Å². The fraction of sp³-hybridized carbons (Fsp3) is 0.464. The molecule has 0 saturated carbocycles. The van der Waals surface area contributed by atoms with Crippen LogP contribution in [-0.4, -0.2) is 55.2 Å². The van der Waals surface area contributed by atoms with E-state index >= 15 is 0 Å². The van der Waals surface area contributed by atoms with E-state index in [2.05, 4.69) is 34.1 Å². The highest BCUT2D eigenvalue weighted by atomic mass is 16.7. The van der Waals surface area contributed by atoms with Gasteiger partial charge in [0.25, 0.3) is 0 Å². The quantitative estimate of drug-likeness (QED) is 0.564. The number of ether oxygens (including phenoxy) is 2. The maximum Gasteiger partial charge on any atom is 0.231 e. The first-order valence-electron chi connectivity index (χ1n) is 12.6. The molecule has 3 aliphatic rings. The molecule has 1 amide bonds. The van der Waals surface area contributed by atoms with Crippen molar-refractivity contribution in [3.63, 3.8) is 0 Å². The molecule has 0 N–H and O–H groups in total. The zero-order chi connectivity index (χ0) is 22.9. The van der Waals surface area contributed by atoms with Crippen molar-refractivity contribution in [2.75, 3.05) is 39.5 Å². The number of furan rings is 1. The van der Waals surface area contributed by atoms with Crippen molar-refractivity contribution < 1.29 is 18.7 Å². The summed E-state index contributed by atoms with van der Waals surface area (Å²) in [5.41, 5.74) is 3.27. The Bertz CT molecular complexity index is 1150. The van der Waals surface area contributed by atoms with Crippen LogP contribution in [0.15, 0.2) is 46.9 Å². The van der Waals surface area contributed by atoms with Crippen LogP contribution in [-0.2, 0) is 24.1 Å². The molecule has 6 nitrogen and oxygen atoms in total. The third-order valence-electron chi connectivity index (χ3n) is 7.52. The molecule has 3 aromatic rings. The van der Waals surface area contributed by atoms with Crippen molar-refractivity contribution in [2.45, 2.75) is 38.5 Å². The van der Waals surface area contributed by atoms with E-state index in [1.165, 1.54) is 30.2 Å². The molecule has 1 aromatic heterocycles. The Morgan fingerprint density at radius 2 is 1.82 bits per heavy atom. The summed E-state index contributed by atoms with van der Waals surface area (Å²) in [5.74, 6) is 3.38.